The third-order valence-electron chi connectivity index (χ3n) is 3.38. The van der Waals surface area contributed by atoms with Crippen molar-refractivity contribution in [2.75, 3.05) is 6.61 Å². The summed E-state index contributed by atoms with van der Waals surface area (Å²) in [6, 6.07) is 5.81. The number of carbonyl (C=O) groups excluding carboxylic acids is 1. The number of nitrogens with zero attached hydrogens (tertiary/aromatic N) is 3. The van der Waals surface area contributed by atoms with Crippen LogP contribution >= 0.6 is 11.3 Å². The van der Waals surface area contributed by atoms with Crippen molar-refractivity contribution >= 4 is 17.3 Å². The second kappa shape index (κ2) is 7.78. The van der Waals surface area contributed by atoms with Crippen LogP contribution in [0.4, 0.5) is 13.2 Å². The van der Waals surface area contributed by atoms with Gasteiger partial charge in [0.1, 0.15) is 10.8 Å². The van der Waals surface area contributed by atoms with Crippen LogP contribution < -0.4 is 4.74 Å². The van der Waals surface area contributed by atoms with Crippen molar-refractivity contribution in [3.05, 3.63) is 52.6 Å². The Morgan fingerprint density at radius 3 is 2.81 bits per heavy atom. The van der Waals surface area contributed by atoms with Crippen molar-refractivity contribution in [2.45, 2.75) is 19.8 Å². The third kappa shape index (κ3) is 4.85. The van der Waals surface area contributed by atoms with Crippen molar-refractivity contribution in [1.29, 1.82) is 0 Å². The number of aromatic nitrogens is 3. The highest BCUT2D eigenvalue weighted by Gasteiger charge is 2.32. The van der Waals surface area contributed by atoms with E-state index in [1.807, 2.05) is 0 Å². The summed E-state index contributed by atoms with van der Waals surface area (Å²) in [6.45, 7) is 2.24. The zero-order valence-electron chi connectivity index (χ0n) is 14.1. The van der Waals surface area contributed by atoms with Crippen LogP contribution in [-0.2, 0) is 11.3 Å². The fourth-order valence-electron chi connectivity index (χ4n) is 2.31. The number of alkyl halides is 3. The van der Waals surface area contributed by atoms with Gasteiger partial charge < -0.3 is 9.47 Å². The Balaban J connectivity index is 1.77. The summed E-state index contributed by atoms with van der Waals surface area (Å²) >= 11 is 1.27. The molecule has 0 atom stereocenters. The van der Waals surface area contributed by atoms with E-state index in [4.69, 9.17) is 4.74 Å². The van der Waals surface area contributed by atoms with E-state index in [0.29, 0.717) is 16.3 Å². The van der Waals surface area contributed by atoms with Crippen molar-refractivity contribution in [3.63, 3.8) is 0 Å². The molecule has 0 spiro atoms. The molecule has 2 heterocycles. The molecule has 6 nitrogen and oxygen atoms in total. The van der Waals surface area contributed by atoms with Gasteiger partial charge in [0.15, 0.2) is 0 Å². The highest BCUT2D eigenvalue weighted by atomic mass is 32.1. The van der Waals surface area contributed by atoms with Gasteiger partial charge in [0.05, 0.1) is 30.6 Å². The van der Waals surface area contributed by atoms with Crippen LogP contribution in [0.3, 0.4) is 0 Å². The second-order valence-corrected chi connectivity index (χ2v) is 6.26. The topological polar surface area (TPSA) is 66.2 Å². The lowest BCUT2D eigenvalue weighted by atomic mass is 10.1. The minimum Gasteiger partial charge on any atom is -0.462 e. The summed E-state index contributed by atoms with van der Waals surface area (Å²) in [5, 5.41) is 6.33. The molecule has 3 aromatic rings. The van der Waals surface area contributed by atoms with Gasteiger partial charge in [0, 0.05) is 17.1 Å². The normalized spacial score (nSPS) is 11.4. The number of esters is 1. The maximum Gasteiger partial charge on any atom is 0.573 e. The monoisotopic (exact) mass is 397 g/mol. The van der Waals surface area contributed by atoms with E-state index in [-0.39, 0.29) is 24.5 Å². The van der Waals surface area contributed by atoms with Crippen LogP contribution in [0.5, 0.6) is 5.75 Å². The maximum atomic E-state index is 12.6. The van der Waals surface area contributed by atoms with Crippen LogP contribution in [0.15, 0.2) is 42.0 Å². The predicted octanol–water partition coefficient (Wildman–Crippen LogP) is 4.13. The average molecular weight is 397 g/mol. The standard InChI is InChI=1S/C17H14F3N3O3S/c1-2-25-16(24)11-7-21-23(8-11)9-15-22-13(10-27-15)12-5-3-4-6-14(12)26-17(18,19)20/h3-8,10H,2,9H2,1H3. The molecule has 0 saturated carbocycles. The zero-order valence-corrected chi connectivity index (χ0v) is 14.9. The number of hydrogen-bond donors (Lipinski definition) is 0. The van der Waals surface area contributed by atoms with Crippen LogP contribution in [-0.4, -0.2) is 33.7 Å². The first-order chi connectivity index (χ1) is 12.9. The average Bonchev–Trinajstić information content (AvgIpc) is 3.24. The molecule has 142 valence electrons. The van der Waals surface area contributed by atoms with E-state index in [1.165, 1.54) is 46.6 Å². The van der Waals surface area contributed by atoms with Gasteiger partial charge in [-0.1, -0.05) is 12.1 Å². The quantitative estimate of drug-likeness (QED) is 0.585. The number of thiazole rings is 1. The molecule has 3 rings (SSSR count). The molecule has 0 radical (unpaired) electrons. The first-order valence-electron chi connectivity index (χ1n) is 7.85. The fourth-order valence-corrected chi connectivity index (χ4v) is 3.09. The summed E-state index contributed by atoms with van der Waals surface area (Å²) in [5.74, 6) is -0.785. The van der Waals surface area contributed by atoms with Crippen molar-refractivity contribution in [2.24, 2.45) is 0 Å². The van der Waals surface area contributed by atoms with E-state index < -0.39 is 12.3 Å². The SMILES string of the molecule is CCOC(=O)c1cnn(Cc2nc(-c3ccccc3OC(F)(F)F)cs2)c1. The lowest BCUT2D eigenvalue weighted by Gasteiger charge is -2.11. The smallest absolute Gasteiger partial charge is 0.462 e. The van der Waals surface area contributed by atoms with E-state index in [0.717, 1.165) is 0 Å². The van der Waals surface area contributed by atoms with Gasteiger partial charge in [-0.25, -0.2) is 9.78 Å². The Bertz CT molecular complexity index is 937. The van der Waals surface area contributed by atoms with Crippen molar-refractivity contribution in [1.82, 2.24) is 14.8 Å². The molecule has 0 bridgehead atoms. The Hall–Kier alpha value is -2.88. The highest BCUT2D eigenvalue weighted by molar-refractivity contribution is 7.09. The fraction of sp³-hybridized carbons (Fsp3) is 0.235. The number of benzene rings is 1. The van der Waals surface area contributed by atoms with Crippen molar-refractivity contribution in [3.8, 4) is 17.0 Å². The lowest BCUT2D eigenvalue weighted by molar-refractivity contribution is -0.274. The number of carbonyl (C=O) groups is 1. The first-order valence-corrected chi connectivity index (χ1v) is 8.73. The van der Waals surface area contributed by atoms with E-state index in [9.17, 15) is 18.0 Å². The minimum absolute atomic E-state index is 0.241. The van der Waals surface area contributed by atoms with Crippen LogP contribution in [0, 0.1) is 0 Å². The summed E-state index contributed by atoms with van der Waals surface area (Å²) in [7, 11) is 0. The molecule has 0 aliphatic carbocycles. The van der Waals surface area contributed by atoms with Crippen LogP contribution in [0.2, 0.25) is 0 Å². The third-order valence-corrected chi connectivity index (χ3v) is 4.22. The maximum absolute atomic E-state index is 12.6. The lowest BCUT2D eigenvalue weighted by Crippen LogP contribution is -2.17. The molecule has 1 aromatic carbocycles. The van der Waals surface area contributed by atoms with E-state index in [2.05, 4.69) is 14.8 Å². The van der Waals surface area contributed by atoms with E-state index >= 15 is 0 Å². The number of hydrogen-bond acceptors (Lipinski definition) is 6. The zero-order chi connectivity index (χ0) is 19.4. The second-order valence-electron chi connectivity index (χ2n) is 5.32. The molecule has 0 aliphatic heterocycles. The number of halogens is 3. The van der Waals surface area contributed by atoms with Gasteiger partial charge in [-0.2, -0.15) is 5.10 Å². The highest BCUT2D eigenvalue weighted by Crippen LogP contribution is 2.34. The summed E-state index contributed by atoms with van der Waals surface area (Å²) in [6.07, 6.45) is -1.87. The van der Waals surface area contributed by atoms with Gasteiger partial charge in [0.25, 0.3) is 0 Å². The summed E-state index contributed by atoms with van der Waals surface area (Å²) in [4.78, 5) is 16.0. The molecule has 2 aromatic heterocycles. The molecular weight excluding hydrogens is 383 g/mol. The van der Waals surface area contributed by atoms with Gasteiger partial charge in [-0.15, -0.1) is 24.5 Å². The van der Waals surface area contributed by atoms with Crippen LogP contribution in [0.1, 0.15) is 22.3 Å². The van der Waals surface area contributed by atoms with Gasteiger partial charge >= 0.3 is 12.3 Å². The molecule has 0 N–H and O–H groups in total. The molecule has 10 heteroatoms. The Morgan fingerprint density at radius 1 is 1.30 bits per heavy atom. The largest absolute Gasteiger partial charge is 0.573 e. The van der Waals surface area contributed by atoms with E-state index in [1.54, 1.807) is 18.4 Å². The van der Waals surface area contributed by atoms with Gasteiger partial charge in [-0.3, -0.25) is 4.68 Å². The van der Waals surface area contributed by atoms with Crippen LogP contribution in [0.25, 0.3) is 11.3 Å². The summed E-state index contributed by atoms with van der Waals surface area (Å²) in [5.41, 5.74) is 0.926. The molecule has 0 unspecified atom stereocenters. The molecule has 0 fully saturated rings. The first kappa shape index (κ1) is 18.9. The molecule has 0 saturated heterocycles. The predicted molar refractivity (Wildman–Crippen MR) is 91.5 cm³/mol. The number of rotatable bonds is 6. The molecular formula is C17H14F3N3O3S. The Morgan fingerprint density at radius 2 is 2.07 bits per heavy atom. The molecule has 0 aliphatic rings. The van der Waals surface area contributed by atoms with Crippen molar-refractivity contribution < 1.29 is 27.4 Å². The summed E-state index contributed by atoms with van der Waals surface area (Å²) < 4.78 is 48.2. The number of ether oxygens (including phenoxy) is 2. The minimum atomic E-state index is -4.78. The van der Waals surface area contributed by atoms with Gasteiger partial charge in [-0.05, 0) is 19.1 Å². The number of para-hydroxylation sites is 1. The van der Waals surface area contributed by atoms with Gasteiger partial charge in [0.2, 0.25) is 0 Å². The Kier molecular flexibility index (Phi) is 5.45. The molecule has 0 amide bonds. The molecule has 27 heavy (non-hydrogen) atoms. The Labute approximate surface area is 156 Å².